The van der Waals surface area contributed by atoms with Crippen molar-refractivity contribution in [1.82, 2.24) is 0 Å². The molecule has 0 amide bonds. The molecule has 3 fully saturated rings. The van der Waals surface area contributed by atoms with Crippen LogP contribution >= 0.6 is 0 Å². The molecule has 0 aromatic rings. The molecule has 3 rings (SSSR count). The number of allylic oxidation sites excluding steroid dienone is 2. The average molecular weight is 483 g/mol. The zero-order valence-corrected chi connectivity index (χ0v) is 20.8. The van der Waals surface area contributed by atoms with E-state index in [-0.39, 0.29) is 48.6 Å². The van der Waals surface area contributed by atoms with Crippen LogP contribution in [0.2, 0.25) is 0 Å². The molecule has 194 valence electrons. The number of carbonyl (C=O) groups is 2. The van der Waals surface area contributed by atoms with E-state index in [0.29, 0.717) is 13.0 Å². The fourth-order valence-corrected chi connectivity index (χ4v) is 5.08. The van der Waals surface area contributed by atoms with Crippen molar-refractivity contribution in [2.75, 3.05) is 26.9 Å². The van der Waals surface area contributed by atoms with Crippen LogP contribution in [0.25, 0.3) is 0 Å². The second kappa shape index (κ2) is 14.8. The van der Waals surface area contributed by atoms with Gasteiger partial charge in [0.2, 0.25) is 0 Å². The van der Waals surface area contributed by atoms with Gasteiger partial charge in [0.05, 0.1) is 25.9 Å². The summed E-state index contributed by atoms with van der Waals surface area (Å²) in [4.78, 5) is 22.9. The van der Waals surface area contributed by atoms with E-state index in [2.05, 4.69) is 12.2 Å². The minimum Gasteiger partial charge on any atom is -0.469 e. The van der Waals surface area contributed by atoms with Crippen molar-refractivity contribution in [3.8, 4) is 0 Å². The summed E-state index contributed by atoms with van der Waals surface area (Å²) in [7, 11) is 1.41. The fourth-order valence-electron chi connectivity index (χ4n) is 5.08. The first-order valence-corrected chi connectivity index (χ1v) is 13.0. The largest absolute Gasteiger partial charge is 0.469 e. The molecule has 0 radical (unpaired) electrons. The number of hydrogen-bond donors (Lipinski definition) is 0. The molecule has 0 bridgehead atoms. The van der Waals surface area contributed by atoms with Gasteiger partial charge in [-0.15, -0.1) is 0 Å². The Labute approximate surface area is 203 Å². The lowest BCUT2D eigenvalue weighted by Crippen LogP contribution is -2.34. The topological polar surface area (TPSA) is 89.5 Å². The normalized spacial score (nSPS) is 32.1. The molecule has 0 aromatic heterocycles. The van der Waals surface area contributed by atoms with Crippen LogP contribution in [0.4, 0.5) is 0 Å². The minimum atomic E-state index is -0.287. The minimum absolute atomic E-state index is 0.0164. The van der Waals surface area contributed by atoms with Crippen LogP contribution in [0.3, 0.4) is 0 Å². The molecule has 0 N–H and O–H groups in total. The smallest absolute Gasteiger partial charge is 0.305 e. The van der Waals surface area contributed by atoms with Gasteiger partial charge in [-0.25, -0.2) is 0 Å². The van der Waals surface area contributed by atoms with Gasteiger partial charge in [-0.3, -0.25) is 9.59 Å². The summed E-state index contributed by atoms with van der Waals surface area (Å²) in [5, 5.41) is 0. The summed E-state index contributed by atoms with van der Waals surface area (Å²) in [6, 6.07) is 0. The molecule has 6 atom stereocenters. The third-order valence-electron chi connectivity index (χ3n) is 6.93. The summed E-state index contributed by atoms with van der Waals surface area (Å²) in [6.45, 7) is 3.20. The fraction of sp³-hybridized carbons (Fsp3) is 0.846. The predicted octanol–water partition coefficient (Wildman–Crippen LogP) is 4.30. The van der Waals surface area contributed by atoms with Crippen molar-refractivity contribution in [1.29, 1.82) is 0 Å². The van der Waals surface area contributed by atoms with E-state index >= 15 is 0 Å². The Balaban J connectivity index is 1.65. The van der Waals surface area contributed by atoms with E-state index in [1.54, 1.807) is 0 Å². The van der Waals surface area contributed by atoms with Crippen LogP contribution in [0.15, 0.2) is 12.2 Å². The maximum atomic E-state index is 11.6. The number of esters is 2. The Morgan fingerprint density at radius 1 is 0.912 bits per heavy atom. The number of carbonyl (C=O) groups excluding carboxylic acids is 2. The Hall–Kier alpha value is -1.48. The molecule has 8 heteroatoms. The van der Waals surface area contributed by atoms with Crippen LogP contribution in [0.1, 0.15) is 77.6 Å². The summed E-state index contributed by atoms with van der Waals surface area (Å²) in [5.74, 6) is -0.320. The maximum Gasteiger partial charge on any atom is 0.305 e. The molecular weight excluding hydrogens is 440 g/mol. The van der Waals surface area contributed by atoms with Crippen LogP contribution in [-0.4, -0.2) is 63.7 Å². The Morgan fingerprint density at radius 2 is 1.56 bits per heavy atom. The van der Waals surface area contributed by atoms with Gasteiger partial charge in [-0.1, -0.05) is 12.2 Å². The highest BCUT2D eigenvalue weighted by atomic mass is 16.7. The van der Waals surface area contributed by atoms with Gasteiger partial charge < -0.3 is 28.4 Å². The van der Waals surface area contributed by atoms with Crippen molar-refractivity contribution in [3.63, 3.8) is 0 Å². The second-order valence-electron chi connectivity index (χ2n) is 9.48. The standard InChI is InChI=1S/C26H42O8/c1-19(27)32-18-21-20(11-5-3-4-6-12-24(28)29-2)22(33-25-13-7-9-15-30-25)17-23(21)34-26-14-8-10-16-31-26/h3,5,20-23,25-26H,4,6-18H2,1-2H3/t20-,21-,22+,23-,25?,26?/m1/s1. The van der Waals surface area contributed by atoms with Crippen molar-refractivity contribution in [2.45, 2.75) is 102 Å². The molecule has 0 spiro atoms. The second-order valence-corrected chi connectivity index (χ2v) is 9.48. The number of ether oxygens (including phenoxy) is 6. The Bertz CT molecular complexity index is 639. The molecular formula is C26H42O8. The highest BCUT2D eigenvalue weighted by Crippen LogP contribution is 2.41. The molecule has 2 heterocycles. The van der Waals surface area contributed by atoms with Crippen LogP contribution in [0.5, 0.6) is 0 Å². The van der Waals surface area contributed by atoms with E-state index in [9.17, 15) is 9.59 Å². The Kier molecular flexibility index (Phi) is 11.8. The highest BCUT2D eigenvalue weighted by Gasteiger charge is 2.46. The van der Waals surface area contributed by atoms with E-state index in [1.807, 2.05) is 0 Å². The lowest BCUT2D eigenvalue weighted by molar-refractivity contribution is -0.205. The van der Waals surface area contributed by atoms with Crippen molar-refractivity contribution < 1.29 is 38.0 Å². The van der Waals surface area contributed by atoms with Gasteiger partial charge in [0.25, 0.3) is 0 Å². The van der Waals surface area contributed by atoms with E-state index in [1.165, 1.54) is 14.0 Å². The predicted molar refractivity (Wildman–Crippen MR) is 125 cm³/mol. The number of methoxy groups -OCH3 is 1. The molecule has 2 aliphatic heterocycles. The first kappa shape index (κ1) is 27.1. The monoisotopic (exact) mass is 482 g/mol. The molecule has 2 unspecified atom stereocenters. The zero-order valence-electron chi connectivity index (χ0n) is 20.8. The van der Waals surface area contributed by atoms with E-state index in [4.69, 9.17) is 28.4 Å². The van der Waals surface area contributed by atoms with Gasteiger partial charge in [0.1, 0.15) is 0 Å². The average Bonchev–Trinajstić information content (AvgIpc) is 3.16. The molecule has 0 aromatic carbocycles. The summed E-state index contributed by atoms with van der Waals surface area (Å²) in [5.41, 5.74) is 0. The third kappa shape index (κ3) is 8.95. The first-order valence-electron chi connectivity index (χ1n) is 13.0. The zero-order chi connectivity index (χ0) is 24.2. The SMILES string of the molecule is COC(=O)CCCC=CC[C@@H]1[C@@H](COC(C)=O)[C@H](OC2CCCCO2)C[C@@H]1OC1CCCCO1. The molecule has 2 saturated heterocycles. The molecule has 1 saturated carbocycles. The van der Waals surface area contributed by atoms with E-state index in [0.717, 1.165) is 77.4 Å². The first-order chi connectivity index (χ1) is 16.6. The lowest BCUT2D eigenvalue weighted by atomic mass is 9.90. The van der Waals surface area contributed by atoms with Crippen LogP contribution in [-0.2, 0) is 38.0 Å². The van der Waals surface area contributed by atoms with Gasteiger partial charge in [-0.2, -0.15) is 0 Å². The van der Waals surface area contributed by atoms with Gasteiger partial charge >= 0.3 is 11.9 Å². The van der Waals surface area contributed by atoms with Crippen molar-refractivity contribution >= 4 is 11.9 Å². The van der Waals surface area contributed by atoms with Gasteiger partial charge in [-0.05, 0) is 63.7 Å². The highest BCUT2D eigenvalue weighted by molar-refractivity contribution is 5.69. The quantitative estimate of drug-likeness (QED) is 0.231. The van der Waals surface area contributed by atoms with E-state index < -0.39 is 0 Å². The Morgan fingerprint density at radius 3 is 2.12 bits per heavy atom. The summed E-state index contributed by atoms with van der Waals surface area (Å²) in [6.07, 6.45) is 13.3. The van der Waals surface area contributed by atoms with Gasteiger partial charge in [0.15, 0.2) is 12.6 Å². The lowest BCUT2D eigenvalue weighted by Gasteiger charge is -2.30. The molecule has 1 aliphatic carbocycles. The van der Waals surface area contributed by atoms with Gasteiger partial charge in [0, 0.05) is 38.9 Å². The van der Waals surface area contributed by atoms with Crippen LogP contribution < -0.4 is 0 Å². The molecule has 34 heavy (non-hydrogen) atoms. The summed E-state index contributed by atoms with van der Waals surface area (Å²) < 4.78 is 34.8. The molecule has 3 aliphatic rings. The van der Waals surface area contributed by atoms with Crippen LogP contribution in [0, 0.1) is 11.8 Å². The van der Waals surface area contributed by atoms with Crippen molar-refractivity contribution in [3.05, 3.63) is 12.2 Å². The number of hydrogen-bond acceptors (Lipinski definition) is 8. The summed E-state index contributed by atoms with van der Waals surface area (Å²) >= 11 is 0. The van der Waals surface area contributed by atoms with Crippen molar-refractivity contribution in [2.24, 2.45) is 11.8 Å². The third-order valence-corrected chi connectivity index (χ3v) is 6.93. The maximum absolute atomic E-state index is 11.6. The molecule has 8 nitrogen and oxygen atoms in total. The number of rotatable bonds is 12. The number of unbranched alkanes of at least 4 members (excludes halogenated alkanes) is 1.